The van der Waals surface area contributed by atoms with Crippen molar-refractivity contribution in [3.8, 4) is 0 Å². The molecule has 0 bridgehead atoms. The molecule has 1 saturated carbocycles. The van der Waals surface area contributed by atoms with Crippen molar-refractivity contribution in [3.05, 3.63) is 0 Å². The Morgan fingerprint density at radius 1 is 0.394 bits per heavy atom. The van der Waals surface area contributed by atoms with E-state index in [9.17, 15) is 39.8 Å². The van der Waals surface area contributed by atoms with Crippen LogP contribution >= 0.6 is 7.82 Å². The van der Waals surface area contributed by atoms with Gasteiger partial charge in [0.1, 0.15) is 42.7 Å². The standard InChI is InChI=1S/C58H115O12P/c1-3-5-7-9-11-13-15-17-19-21-23-25-26-27-29-31-33-35-37-39-41-43-45-47-52(59)69-51(50-68-71(65,66)70-58-56(63)54(61)53(60)55(62)57(58)64)49-67-48-46-44-42-40-38-36-34-32-30-28-24-22-20-18-16-14-12-10-8-6-4-2/h51,53-58,60-64H,3-50H2,1-2H3,(H,65,66). The first-order chi connectivity index (χ1) is 34.5. The van der Waals surface area contributed by atoms with Crippen LogP contribution in [0, 0.1) is 0 Å². The molecule has 6 N–H and O–H groups in total. The Labute approximate surface area is 435 Å². The average Bonchev–Trinajstić information content (AvgIpc) is 3.36. The van der Waals surface area contributed by atoms with E-state index in [4.69, 9.17) is 18.5 Å². The number of rotatable bonds is 54. The zero-order chi connectivity index (χ0) is 51.9. The number of aliphatic hydroxyl groups is 5. The first kappa shape index (κ1) is 68.4. The molecule has 424 valence electrons. The van der Waals surface area contributed by atoms with E-state index in [2.05, 4.69) is 13.8 Å². The number of phosphoric ester groups is 1. The van der Waals surface area contributed by atoms with Gasteiger partial charge < -0.3 is 39.9 Å². The van der Waals surface area contributed by atoms with Crippen LogP contribution in [0.3, 0.4) is 0 Å². The molecule has 0 aromatic carbocycles. The van der Waals surface area contributed by atoms with Crippen LogP contribution in [0.4, 0.5) is 0 Å². The van der Waals surface area contributed by atoms with Gasteiger partial charge in [-0.3, -0.25) is 13.8 Å². The fraction of sp³-hybridized carbons (Fsp3) is 0.983. The fourth-order valence-corrected chi connectivity index (χ4v) is 10.9. The third-order valence-corrected chi connectivity index (χ3v) is 15.7. The number of esters is 1. The number of carbonyl (C=O) groups excluding carboxylic acids is 1. The molecule has 1 aliphatic carbocycles. The third-order valence-electron chi connectivity index (χ3n) is 14.7. The van der Waals surface area contributed by atoms with Crippen molar-refractivity contribution < 1.29 is 58.3 Å². The third kappa shape index (κ3) is 40.3. The normalized spacial score (nSPS) is 20.6. The van der Waals surface area contributed by atoms with Crippen LogP contribution in [0.5, 0.6) is 0 Å². The molecule has 0 aliphatic heterocycles. The average molecular weight is 1040 g/mol. The van der Waals surface area contributed by atoms with E-state index in [1.165, 1.54) is 238 Å². The molecular weight excluding hydrogens is 920 g/mol. The highest BCUT2D eigenvalue weighted by Crippen LogP contribution is 2.47. The summed E-state index contributed by atoms with van der Waals surface area (Å²) in [6.45, 7) is 4.35. The summed E-state index contributed by atoms with van der Waals surface area (Å²) < 4.78 is 34.5. The summed E-state index contributed by atoms with van der Waals surface area (Å²) in [7, 11) is -5.02. The molecule has 1 aliphatic rings. The maximum atomic E-state index is 12.9. The van der Waals surface area contributed by atoms with E-state index in [-0.39, 0.29) is 13.0 Å². The predicted octanol–water partition coefficient (Wildman–Crippen LogP) is 14.8. The van der Waals surface area contributed by atoms with Gasteiger partial charge in [0.2, 0.25) is 0 Å². The molecule has 1 rings (SSSR count). The molecule has 6 atom stereocenters. The van der Waals surface area contributed by atoms with Crippen molar-refractivity contribution >= 4 is 13.8 Å². The number of carbonyl (C=O) groups is 1. The number of hydrogen-bond donors (Lipinski definition) is 6. The Morgan fingerprint density at radius 3 is 0.972 bits per heavy atom. The minimum atomic E-state index is -5.02. The van der Waals surface area contributed by atoms with Crippen molar-refractivity contribution in [1.29, 1.82) is 0 Å². The van der Waals surface area contributed by atoms with Gasteiger partial charge in [-0.15, -0.1) is 0 Å². The molecule has 1 fully saturated rings. The molecular formula is C58H115O12P. The zero-order valence-corrected chi connectivity index (χ0v) is 47.0. The molecule has 6 unspecified atom stereocenters. The lowest BCUT2D eigenvalue weighted by Crippen LogP contribution is -2.64. The summed E-state index contributed by atoms with van der Waals surface area (Å²) in [5, 5.41) is 50.5. The van der Waals surface area contributed by atoms with Gasteiger partial charge in [0, 0.05) is 13.0 Å². The Kier molecular flexibility index (Phi) is 47.1. The molecule has 0 aromatic heterocycles. The van der Waals surface area contributed by atoms with Gasteiger partial charge in [-0.25, -0.2) is 4.57 Å². The molecule has 0 amide bonds. The van der Waals surface area contributed by atoms with Crippen LogP contribution in [0.1, 0.15) is 303 Å². The molecule has 71 heavy (non-hydrogen) atoms. The first-order valence-corrected chi connectivity index (χ1v) is 31.9. The monoisotopic (exact) mass is 1030 g/mol. The lowest BCUT2D eigenvalue weighted by Gasteiger charge is -2.41. The van der Waals surface area contributed by atoms with Crippen molar-refractivity contribution in [1.82, 2.24) is 0 Å². The van der Waals surface area contributed by atoms with Crippen LogP contribution in [0.2, 0.25) is 0 Å². The van der Waals surface area contributed by atoms with Gasteiger partial charge in [-0.1, -0.05) is 284 Å². The zero-order valence-electron chi connectivity index (χ0n) is 46.1. The van der Waals surface area contributed by atoms with E-state index in [1.807, 2.05) is 0 Å². The quantitative estimate of drug-likeness (QED) is 0.0192. The highest BCUT2D eigenvalue weighted by molar-refractivity contribution is 7.47. The van der Waals surface area contributed by atoms with E-state index >= 15 is 0 Å². The van der Waals surface area contributed by atoms with Gasteiger partial charge in [0.15, 0.2) is 0 Å². The van der Waals surface area contributed by atoms with Crippen LogP contribution in [-0.2, 0) is 27.9 Å². The van der Waals surface area contributed by atoms with Gasteiger partial charge in [-0.05, 0) is 12.8 Å². The molecule has 0 heterocycles. The summed E-state index contributed by atoms with van der Waals surface area (Å²) in [5.74, 6) is -0.466. The summed E-state index contributed by atoms with van der Waals surface area (Å²) in [5.41, 5.74) is 0. The Bertz CT molecular complexity index is 1180. The Morgan fingerprint density at radius 2 is 0.662 bits per heavy atom. The smallest absolute Gasteiger partial charge is 0.457 e. The number of unbranched alkanes of at least 4 members (excludes halogenated alkanes) is 42. The van der Waals surface area contributed by atoms with Crippen molar-refractivity contribution in [2.45, 2.75) is 346 Å². The molecule has 0 spiro atoms. The van der Waals surface area contributed by atoms with E-state index in [0.717, 1.165) is 38.5 Å². The summed E-state index contributed by atoms with van der Waals surface area (Å²) in [6.07, 6.45) is 44.7. The summed E-state index contributed by atoms with van der Waals surface area (Å²) in [4.78, 5) is 23.3. The Hall–Kier alpha value is -0.660. The van der Waals surface area contributed by atoms with Crippen LogP contribution in [0.15, 0.2) is 0 Å². The predicted molar refractivity (Wildman–Crippen MR) is 290 cm³/mol. The maximum absolute atomic E-state index is 12.9. The van der Waals surface area contributed by atoms with Crippen LogP contribution in [0.25, 0.3) is 0 Å². The van der Waals surface area contributed by atoms with Crippen LogP contribution in [-0.4, -0.2) is 98.9 Å². The fourth-order valence-electron chi connectivity index (χ4n) is 9.95. The van der Waals surface area contributed by atoms with Gasteiger partial charge >= 0.3 is 13.8 Å². The van der Waals surface area contributed by atoms with Crippen LogP contribution < -0.4 is 0 Å². The van der Waals surface area contributed by atoms with Gasteiger partial charge in [-0.2, -0.15) is 0 Å². The minimum Gasteiger partial charge on any atom is -0.457 e. The van der Waals surface area contributed by atoms with Crippen molar-refractivity contribution in [2.24, 2.45) is 0 Å². The van der Waals surface area contributed by atoms with E-state index in [1.54, 1.807) is 0 Å². The molecule has 0 saturated heterocycles. The molecule has 13 heteroatoms. The second-order valence-electron chi connectivity index (χ2n) is 21.6. The summed E-state index contributed by atoms with van der Waals surface area (Å²) in [6, 6.07) is 0. The number of hydrogen-bond acceptors (Lipinski definition) is 11. The SMILES string of the molecule is CCCCCCCCCCCCCCCCCCCCCCCCCC(=O)OC(COCCCCCCCCCCCCCCCCCCCCCCC)COP(=O)(O)OC1C(O)C(O)C(O)C(O)C1O. The second kappa shape index (κ2) is 48.9. The maximum Gasteiger partial charge on any atom is 0.472 e. The largest absolute Gasteiger partial charge is 0.472 e. The molecule has 12 nitrogen and oxygen atoms in total. The van der Waals surface area contributed by atoms with Gasteiger partial charge in [0.05, 0.1) is 13.2 Å². The van der Waals surface area contributed by atoms with Gasteiger partial charge in [0.25, 0.3) is 0 Å². The first-order valence-electron chi connectivity index (χ1n) is 30.4. The highest BCUT2D eigenvalue weighted by Gasteiger charge is 2.51. The molecule has 0 aromatic rings. The van der Waals surface area contributed by atoms with Crippen molar-refractivity contribution in [3.63, 3.8) is 0 Å². The number of phosphoric acid groups is 1. The highest BCUT2D eigenvalue weighted by atomic mass is 31.2. The van der Waals surface area contributed by atoms with Crippen molar-refractivity contribution in [2.75, 3.05) is 19.8 Å². The Balaban J connectivity index is 2.24. The second-order valence-corrected chi connectivity index (χ2v) is 23.0. The topological polar surface area (TPSA) is 192 Å². The van der Waals surface area contributed by atoms with E-state index < -0.39 is 63.1 Å². The lowest BCUT2D eigenvalue weighted by molar-refractivity contribution is -0.220. The lowest BCUT2D eigenvalue weighted by atomic mass is 9.85. The number of aliphatic hydroxyl groups excluding tert-OH is 5. The minimum absolute atomic E-state index is 0.0668. The number of ether oxygens (including phenoxy) is 2. The summed E-state index contributed by atoms with van der Waals surface area (Å²) >= 11 is 0. The van der Waals surface area contributed by atoms with E-state index in [0.29, 0.717) is 13.0 Å². The molecule has 0 radical (unpaired) electrons.